The average molecular weight is 539 g/mol. The molecule has 0 saturated heterocycles. The van der Waals surface area contributed by atoms with Crippen LogP contribution in [0.2, 0.25) is 0 Å². The molecule has 1 aliphatic carbocycles. The van der Waals surface area contributed by atoms with Crippen LogP contribution in [0.5, 0.6) is 0 Å². The van der Waals surface area contributed by atoms with Crippen molar-refractivity contribution >= 4 is 23.0 Å². The van der Waals surface area contributed by atoms with Crippen molar-refractivity contribution in [2.45, 2.75) is 58.2 Å². The van der Waals surface area contributed by atoms with Gasteiger partial charge in [-0.25, -0.2) is 19.7 Å². The Bertz CT molecular complexity index is 1490. The van der Waals surface area contributed by atoms with Gasteiger partial charge in [-0.3, -0.25) is 4.98 Å². The fraction of sp³-hybridized carbons (Fsp3) is 0.393. The fourth-order valence-corrected chi connectivity index (χ4v) is 4.69. The third kappa shape index (κ3) is 5.71. The smallest absolute Gasteiger partial charge is 0.416 e. The zero-order valence-corrected chi connectivity index (χ0v) is 21.7. The highest BCUT2D eigenvalue weighted by atomic mass is 19.4. The van der Waals surface area contributed by atoms with E-state index in [2.05, 4.69) is 20.3 Å². The van der Waals surface area contributed by atoms with Crippen LogP contribution < -0.4 is 5.32 Å². The number of benzene rings is 1. The van der Waals surface area contributed by atoms with Gasteiger partial charge in [-0.2, -0.15) is 13.2 Å². The first-order valence-corrected chi connectivity index (χ1v) is 13.0. The molecule has 1 aromatic carbocycles. The molecular weight excluding hydrogens is 509 g/mol. The topological polar surface area (TPSA) is 106 Å². The summed E-state index contributed by atoms with van der Waals surface area (Å²) in [5.41, 5.74) is 2.15. The molecule has 1 fully saturated rings. The van der Waals surface area contributed by atoms with Crippen molar-refractivity contribution in [1.82, 2.24) is 24.5 Å². The van der Waals surface area contributed by atoms with E-state index >= 15 is 0 Å². The van der Waals surface area contributed by atoms with E-state index in [1.807, 2.05) is 24.5 Å². The van der Waals surface area contributed by atoms with E-state index < -0.39 is 17.7 Å². The monoisotopic (exact) mass is 538 g/mol. The summed E-state index contributed by atoms with van der Waals surface area (Å²) in [6.45, 7) is 4.82. The number of carboxylic acids is 1. The molecule has 2 N–H and O–H groups in total. The number of halogens is 3. The second-order valence-electron chi connectivity index (χ2n) is 10.2. The van der Waals surface area contributed by atoms with E-state index in [0.29, 0.717) is 35.2 Å². The molecule has 11 heteroatoms. The van der Waals surface area contributed by atoms with E-state index in [-0.39, 0.29) is 23.9 Å². The highest BCUT2D eigenvalue weighted by Gasteiger charge is 2.30. The van der Waals surface area contributed by atoms with Crippen LogP contribution >= 0.6 is 0 Å². The van der Waals surface area contributed by atoms with E-state index in [0.717, 1.165) is 29.8 Å². The van der Waals surface area contributed by atoms with Gasteiger partial charge in [-0.1, -0.05) is 45.2 Å². The molecule has 0 unspecified atom stereocenters. The van der Waals surface area contributed by atoms with Crippen LogP contribution in [0, 0.1) is 5.92 Å². The number of hydrogen-bond donors (Lipinski definition) is 2. The van der Waals surface area contributed by atoms with Crippen molar-refractivity contribution in [3.63, 3.8) is 0 Å². The summed E-state index contributed by atoms with van der Waals surface area (Å²) in [7, 11) is 0. The van der Waals surface area contributed by atoms with Gasteiger partial charge in [-0.05, 0) is 48.1 Å². The van der Waals surface area contributed by atoms with Gasteiger partial charge < -0.3 is 15.0 Å². The van der Waals surface area contributed by atoms with Gasteiger partial charge in [0.1, 0.15) is 11.3 Å². The molecule has 1 saturated carbocycles. The summed E-state index contributed by atoms with van der Waals surface area (Å²) in [6, 6.07) is 8.67. The molecule has 0 spiro atoms. The SMILES string of the molecule is CC(C)c1cc(-c2nc3nc(C(=O)O)nc(NCCC4CCC4)c3n2Cc2ccc(C(F)(F)F)cc2)ccn1. The summed E-state index contributed by atoms with van der Waals surface area (Å²) >= 11 is 0. The molecule has 0 atom stereocenters. The number of imidazole rings is 1. The van der Waals surface area contributed by atoms with Gasteiger partial charge in [0.05, 0.1) is 5.56 Å². The Morgan fingerprint density at radius 2 is 1.87 bits per heavy atom. The van der Waals surface area contributed by atoms with E-state index in [9.17, 15) is 23.1 Å². The van der Waals surface area contributed by atoms with Gasteiger partial charge in [-0.15, -0.1) is 0 Å². The lowest BCUT2D eigenvalue weighted by molar-refractivity contribution is -0.137. The van der Waals surface area contributed by atoms with Crippen molar-refractivity contribution in [3.8, 4) is 11.4 Å². The van der Waals surface area contributed by atoms with Gasteiger partial charge in [0.2, 0.25) is 5.82 Å². The lowest BCUT2D eigenvalue weighted by Gasteiger charge is -2.25. The minimum Gasteiger partial charge on any atom is -0.475 e. The lowest BCUT2D eigenvalue weighted by atomic mass is 9.83. The summed E-state index contributed by atoms with van der Waals surface area (Å²) in [6.07, 6.45) is 1.75. The van der Waals surface area contributed by atoms with Crippen molar-refractivity contribution < 1.29 is 23.1 Å². The highest BCUT2D eigenvalue weighted by Crippen LogP contribution is 2.33. The van der Waals surface area contributed by atoms with Crippen LogP contribution in [0.4, 0.5) is 19.0 Å². The summed E-state index contributed by atoms with van der Waals surface area (Å²) in [4.78, 5) is 29.5. The largest absolute Gasteiger partial charge is 0.475 e. The standard InChI is InChI=1S/C28H29F3N6O2/c1-16(2)21-14-19(11-13-32-21)26-36-24-22(37(26)15-18-6-8-20(9-7-18)28(29,30)31)23(34-25(35-24)27(38)39)33-12-10-17-4-3-5-17/h6-9,11,13-14,16-17H,3-5,10,12,15H2,1-2H3,(H,38,39)(H,33,34,35). The van der Waals surface area contributed by atoms with Gasteiger partial charge in [0.15, 0.2) is 11.5 Å². The molecule has 4 aromatic rings. The number of anilines is 1. The van der Waals surface area contributed by atoms with Crippen molar-refractivity contribution in [2.24, 2.45) is 5.92 Å². The number of fused-ring (bicyclic) bond motifs is 1. The van der Waals surface area contributed by atoms with Crippen LogP contribution in [0.1, 0.15) is 72.9 Å². The molecule has 3 heterocycles. The van der Waals surface area contributed by atoms with Gasteiger partial charge in [0.25, 0.3) is 0 Å². The van der Waals surface area contributed by atoms with Gasteiger partial charge >= 0.3 is 12.1 Å². The highest BCUT2D eigenvalue weighted by molar-refractivity contribution is 5.92. The van der Waals surface area contributed by atoms with Crippen LogP contribution in [0.25, 0.3) is 22.6 Å². The third-order valence-electron chi connectivity index (χ3n) is 7.12. The van der Waals surface area contributed by atoms with Crippen molar-refractivity contribution in [2.75, 3.05) is 11.9 Å². The summed E-state index contributed by atoms with van der Waals surface area (Å²) in [5, 5.41) is 13.0. The zero-order chi connectivity index (χ0) is 27.7. The molecule has 5 rings (SSSR count). The second-order valence-corrected chi connectivity index (χ2v) is 10.2. The Balaban J connectivity index is 1.64. The maximum absolute atomic E-state index is 13.2. The van der Waals surface area contributed by atoms with Crippen LogP contribution in [0.15, 0.2) is 42.6 Å². The molecule has 39 heavy (non-hydrogen) atoms. The molecule has 0 amide bonds. The fourth-order valence-electron chi connectivity index (χ4n) is 4.69. The minimum atomic E-state index is -4.44. The number of pyridine rings is 1. The number of nitrogens with one attached hydrogen (secondary N) is 1. The quantitative estimate of drug-likeness (QED) is 0.255. The number of hydrogen-bond acceptors (Lipinski definition) is 6. The Hall–Kier alpha value is -4.02. The zero-order valence-electron chi connectivity index (χ0n) is 21.7. The number of alkyl halides is 3. The first kappa shape index (κ1) is 26.6. The molecule has 1 aliphatic rings. The Morgan fingerprint density at radius 3 is 2.49 bits per heavy atom. The minimum absolute atomic E-state index is 0.153. The van der Waals surface area contributed by atoms with Crippen LogP contribution in [0.3, 0.4) is 0 Å². The Kier molecular flexibility index (Phi) is 7.24. The maximum Gasteiger partial charge on any atom is 0.416 e. The number of aromatic carboxylic acids is 1. The summed E-state index contributed by atoms with van der Waals surface area (Å²) in [5.74, 6) is -0.0399. The maximum atomic E-state index is 13.2. The Morgan fingerprint density at radius 1 is 1.13 bits per heavy atom. The number of aromatic nitrogens is 5. The van der Waals surface area contributed by atoms with E-state index in [4.69, 9.17) is 4.98 Å². The van der Waals surface area contributed by atoms with E-state index in [1.54, 1.807) is 12.3 Å². The van der Waals surface area contributed by atoms with Gasteiger partial charge in [0, 0.05) is 30.5 Å². The van der Waals surface area contributed by atoms with Crippen molar-refractivity contribution in [3.05, 3.63) is 65.2 Å². The molecule has 0 radical (unpaired) electrons. The lowest BCUT2D eigenvalue weighted by Crippen LogP contribution is -2.17. The summed E-state index contributed by atoms with van der Waals surface area (Å²) < 4.78 is 41.3. The third-order valence-corrected chi connectivity index (χ3v) is 7.12. The molecule has 3 aromatic heterocycles. The average Bonchev–Trinajstić information content (AvgIpc) is 3.23. The first-order chi connectivity index (χ1) is 18.6. The molecule has 204 valence electrons. The number of rotatable bonds is 9. The number of nitrogens with zero attached hydrogens (tertiary/aromatic N) is 5. The van der Waals surface area contributed by atoms with Crippen LogP contribution in [-0.4, -0.2) is 42.1 Å². The molecule has 0 bridgehead atoms. The normalized spacial score (nSPS) is 14.1. The molecular formula is C28H29F3N6O2. The predicted molar refractivity (Wildman–Crippen MR) is 141 cm³/mol. The van der Waals surface area contributed by atoms with Crippen molar-refractivity contribution in [1.29, 1.82) is 0 Å². The number of carbonyl (C=O) groups is 1. The van der Waals surface area contributed by atoms with Crippen LogP contribution in [-0.2, 0) is 12.7 Å². The predicted octanol–water partition coefficient (Wildman–Crippen LogP) is 6.38. The first-order valence-electron chi connectivity index (χ1n) is 13.0. The molecule has 8 nitrogen and oxygen atoms in total. The molecule has 0 aliphatic heterocycles. The number of carboxylic acid groups (broad SMARTS) is 1. The van der Waals surface area contributed by atoms with E-state index in [1.165, 1.54) is 31.4 Å². The second kappa shape index (κ2) is 10.6. The Labute approximate surface area is 223 Å².